The van der Waals surface area contributed by atoms with Crippen molar-refractivity contribution in [3.05, 3.63) is 59.9 Å². The maximum absolute atomic E-state index is 13.0. The summed E-state index contributed by atoms with van der Waals surface area (Å²) in [5.41, 5.74) is 2.05. The molecule has 1 heterocycles. The topological polar surface area (TPSA) is 59.4 Å². The molecule has 5 nitrogen and oxygen atoms in total. The van der Waals surface area contributed by atoms with Gasteiger partial charge < -0.3 is 10.2 Å². The molecule has 6 heteroatoms. The highest BCUT2D eigenvalue weighted by Crippen LogP contribution is 2.17. The van der Waals surface area contributed by atoms with E-state index >= 15 is 0 Å². The number of amides is 1. The van der Waals surface area contributed by atoms with Crippen LogP contribution in [0.1, 0.15) is 12.0 Å². The van der Waals surface area contributed by atoms with Crippen molar-refractivity contribution in [1.29, 1.82) is 5.26 Å². The average molecular weight is 352 g/mol. The zero-order chi connectivity index (χ0) is 18.4. The Hall–Kier alpha value is -2.91. The van der Waals surface area contributed by atoms with Crippen molar-refractivity contribution < 1.29 is 9.18 Å². The van der Waals surface area contributed by atoms with E-state index in [4.69, 9.17) is 5.26 Å². The molecular formula is C20H21FN4O. The fourth-order valence-electron chi connectivity index (χ4n) is 3.04. The van der Waals surface area contributed by atoms with Crippen LogP contribution in [0.2, 0.25) is 0 Å². The quantitative estimate of drug-likeness (QED) is 0.899. The monoisotopic (exact) mass is 352 g/mol. The van der Waals surface area contributed by atoms with Gasteiger partial charge in [-0.2, -0.15) is 5.26 Å². The van der Waals surface area contributed by atoms with E-state index in [2.05, 4.69) is 21.2 Å². The lowest BCUT2D eigenvalue weighted by Gasteiger charge is -2.36. The SMILES string of the molecule is N#Cc1ccccc1NC(=O)CCN1CCN(c2ccc(F)cc2)CC1. The van der Waals surface area contributed by atoms with Crippen molar-refractivity contribution in [3.8, 4) is 6.07 Å². The highest BCUT2D eigenvalue weighted by atomic mass is 19.1. The Morgan fingerprint density at radius 3 is 2.46 bits per heavy atom. The first-order valence-electron chi connectivity index (χ1n) is 8.67. The summed E-state index contributed by atoms with van der Waals surface area (Å²) in [5, 5.41) is 11.9. The molecule has 1 aliphatic heterocycles. The molecule has 1 fully saturated rings. The van der Waals surface area contributed by atoms with Crippen molar-refractivity contribution in [3.63, 3.8) is 0 Å². The minimum atomic E-state index is -0.226. The molecule has 3 rings (SSSR count). The average Bonchev–Trinajstić information content (AvgIpc) is 2.68. The van der Waals surface area contributed by atoms with Gasteiger partial charge in [0.25, 0.3) is 0 Å². The third kappa shape index (κ3) is 4.58. The second-order valence-electron chi connectivity index (χ2n) is 6.26. The highest BCUT2D eigenvalue weighted by Gasteiger charge is 2.18. The fraction of sp³-hybridized carbons (Fsp3) is 0.300. The van der Waals surface area contributed by atoms with E-state index in [1.165, 1.54) is 12.1 Å². The van der Waals surface area contributed by atoms with Crippen LogP contribution in [0.15, 0.2) is 48.5 Å². The van der Waals surface area contributed by atoms with E-state index in [0.29, 0.717) is 24.2 Å². The molecule has 134 valence electrons. The largest absolute Gasteiger partial charge is 0.369 e. The van der Waals surface area contributed by atoms with Gasteiger partial charge in [0.1, 0.15) is 11.9 Å². The summed E-state index contributed by atoms with van der Waals surface area (Å²) in [5.74, 6) is -0.315. The van der Waals surface area contributed by atoms with Crippen LogP contribution in [0, 0.1) is 17.1 Å². The molecule has 1 saturated heterocycles. The number of carbonyl (C=O) groups excluding carboxylic acids is 1. The third-order valence-electron chi connectivity index (χ3n) is 4.54. The van der Waals surface area contributed by atoms with E-state index in [9.17, 15) is 9.18 Å². The van der Waals surface area contributed by atoms with Gasteiger partial charge in [-0.1, -0.05) is 12.1 Å². The summed E-state index contributed by atoms with van der Waals surface area (Å²) in [7, 11) is 0. The number of hydrogen-bond donors (Lipinski definition) is 1. The van der Waals surface area contributed by atoms with Crippen molar-refractivity contribution in [2.24, 2.45) is 0 Å². The maximum Gasteiger partial charge on any atom is 0.225 e. The lowest BCUT2D eigenvalue weighted by Crippen LogP contribution is -2.47. The van der Waals surface area contributed by atoms with E-state index in [0.717, 1.165) is 31.9 Å². The zero-order valence-corrected chi connectivity index (χ0v) is 14.5. The lowest BCUT2D eigenvalue weighted by atomic mass is 10.2. The van der Waals surface area contributed by atoms with Crippen LogP contribution in [0.4, 0.5) is 15.8 Å². The van der Waals surface area contributed by atoms with Gasteiger partial charge in [-0.25, -0.2) is 4.39 Å². The van der Waals surface area contributed by atoms with Crippen LogP contribution in [0.25, 0.3) is 0 Å². The van der Waals surface area contributed by atoms with Gasteiger partial charge in [0.2, 0.25) is 5.91 Å². The standard InChI is InChI=1S/C20H21FN4O/c21-17-5-7-18(8-6-17)25-13-11-24(12-14-25)10-9-20(26)23-19-4-2-1-3-16(19)15-22/h1-8H,9-14H2,(H,23,26). The predicted molar refractivity (Wildman–Crippen MR) is 99.5 cm³/mol. The number of halogens is 1. The van der Waals surface area contributed by atoms with Gasteiger partial charge in [0.05, 0.1) is 11.3 Å². The maximum atomic E-state index is 13.0. The van der Waals surface area contributed by atoms with Crippen molar-refractivity contribution in [2.75, 3.05) is 42.9 Å². The van der Waals surface area contributed by atoms with Crippen LogP contribution in [0.3, 0.4) is 0 Å². The van der Waals surface area contributed by atoms with Gasteiger partial charge in [-0.05, 0) is 36.4 Å². The van der Waals surface area contributed by atoms with Crippen LogP contribution in [0.5, 0.6) is 0 Å². The Kier molecular flexibility index (Phi) is 5.82. The minimum Gasteiger partial charge on any atom is -0.369 e. The molecule has 0 aromatic heterocycles. The number of carbonyl (C=O) groups is 1. The molecule has 1 amide bonds. The summed E-state index contributed by atoms with van der Waals surface area (Å²) in [6, 6.07) is 15.6. The first-order chi connectivity index (χ1) is 12.7. The molecule has 0 unspecified atom stereocenters. The van der Waals surface area contributed by atoms with Crippen molar-refractivity contribution in [1.82, 2.24) is 4.90 Å². The molecule has 0 spiro atoms. The molecule has 2 aromatic carbocycles. The normalized spacial score (nSPS) is 14.7. The number of nitrogens with one attached hydrogen (secondary N) is 1. The molecule has 26 heavy (non-hydrogen) atoms. The summed E-state index contributed by atoms with van der Waals surface area (Å²) in [6.45, 7) is 4.10. The molecule has 0 atom stereocenters. The molecular weight excluding hydrogens is 331 g/mol. The van der Waals surface area contributed by atoms with Crippen molar-refractivity contribution >= 4 is 17.3 Å². The first kappa shape index (κ1) is 17.9. The van der Waals surface area contributed by atoms with Crippen LogP contribution in [-0.4, -0.2) is 43.5 Å². The van der Waals surface area contributed by atoms with Crippen LogP contribution in [-0.2, 0) is 4.79 Å². The van der Waals surface area contributed by atoms with Gasteiger partial charge in [-0.15, -0.1) is 0 Å². The van der Waals surface area contributed by atoms with Gasteiger partial charge in [0.15, 0.2) is 0 Å². The van der Waals surface area contributed by atoms with E-state index < -0.39 is 0 Å². The lowest BCUT2D eigenvalue weighted by molar-refractivity contribution is -0.116. The molecule has 0 bridgehead atoms. The second kappa shape index (κ2) is 8.45. The number of nitrogens with zero attached hydrogens (tertiary/aromatic N) is 3. The summed E-state index contributed by atoms with van der Waals surface area (Å²) >= 11 is 0. The van der Waals surface area contributed by atoms with Crippen LogP contribution >= 0.6 is 0 Å². The van der Waals surface area contributed by atoms with E-state index in [-0.39, 0.29) is 11.7 Å². The molecule has 1 N–H and O–H groups in total. The smallest absolute Gasteiger partial charge is 0.225 e. The second-order valence-corrected chi connectivity index (χ2v) is 6.26. The van der Waals surface area contributed by atoms with E-state index in [1.54, 1.807) is 36.4 Å². The third-order valence-corrected chi connectivity index (χ3v) is 4.54. The Morgan fingerprint density at radius 1 is 1.08 bits per heavy atom. The van der Waals surface area contributed by atoms with Crippen LogP contribution < -0.4 is 10.2 Å². The molecule has 0 radical (unpaired) electrons. The molecule has 2 aromatic rings. The predicted octanol–water partition coefficient (Wildman–Crippen LogP) is 2.85. The fourth-order valence-corrected chi connectivity index (χ4v) is 3.04. The number of piperazine rings is 1. The van der Waals surface area contributed by atoms with E-state index in [1.807, 2.05) is 0 Å². The van der Waals surface area contributed by atoms with Gasteiger partial charge in [-0.3, -0.25) is 9.69 Å². The van der Waals surface area contributed by atoms with Gasteiger partial charge in [0, 0.05) is 44.8 Å². The summed E-state index contributed by atoms with van der Waals surface area (Å²) in [4.78, 5) is 16.6. The number of hydrogen-bond acceptors (Lipinski definition) is 4. The number of benzene rings is 2. The summed E-state index contributed by atoms with van der Waals surface area (Å²) in [6.07, 6.45) is 0.385. The molecule has 0 saturated carbocycles. The number of rotatable bonds is 5. The zero-order valence-electron chi connectivity index (χ0n) is 14.5. The Bertz CT molecular complexity index is 792. The Morgan fingerprint density at radius 2 is 1.77 bits per heavy atom. The Balaban J connectivity index is 1.44. The van der Waals surface area contributed by atoms with Gasteiger partial charge >= 0.3 is 0 Å². The molecule has 0 aliphatic carbocycles. The van der Waals surface area contributed by atoms with Crippen molar-refractivity contribution in [2.45, 2.75) is 6.42 Å². The Labute approximate surface area is 152 Å². The minimum absolute atomic E-state index is 0.0892. The highest BCUT2D eigenvalue weighted by molar-refractivity contribution is 5.92. The molecule has 1 aliphatic rings. The summed E-state index contributed by atoms with van der Waals surface area (Å²) < 4.78 is 13.0. The number of nitriles is 1. The number of para-hydroxylation sites is 1. The first-order valence-corrected chi connectivity index (χ1v) is 8.67. The number of anilines is 2.